The number of halogens is 1. The number of aryl methyl sites for hydroxylation is 1. The Bertz CT molecular complexity index is 1160. The Balaban J connectivity index is 1.80. The number of amides is 2. The molecule has 184 valence electrons. The maximum absolute atomic E-state index is 14.3. The molecule has 34 heavy (non-hydrogen) atoms. The van der Waals surface area contributed by atoms with E-state index in [0.29, 0.717) is 24.3 Å². The van der Waals surface area contributed by atoms with Crippen molar-refractivity contribution in [3.63, 3.8) is 0 Å². The Morgan fingerprint density at radius 1 is 1.00 bits per heavy atom. The highest BCUT2D eigenvalue weighted by atomic mass is 32.2. The smallest absolute Gasteiger partial charge is 0.255 e. The van der Waals surface area contributed by atoms with Crippen LogP contribution in [-0.2, 0) is 14.8 Å². The van der Waals surface area contributed by atoms with Crippen LogP contribution in [0.3, 0.4) is 0 Å². The monoisotopic (exact) mass is 489 g/mol. The summed E-state index contributed by atoms with van der Waals surface area (Å²) >= 11 is 0. The van der Waals surface area contributed by atoms with Crippen LogP contribution in [0.25, 0.3) is 0 Å². The zero-order valence-corrected chi connectivity index (χ0v) is 20.7. The van der Waals surface area contributed by atoms with Gasteiger partial charge in [-0.25, -0.2) is 12.8 Å². The molecule has 0 heterocycles. The summed E-state index contributed by atoms with van der Waals surface area (Å²) in [7, 11) is -3.73. The molecule has 1 fully saturated rings. The number of rotatable bonds is 8. The van der Waals surface area contributed by atoms with E-state index in [2.05, 4.69) is 10.6 Å². The minimum atomic E-state index is -3.73. The van der Waals surface area contributed by atoms with Gasteiger partial charge in [-0.1, -0.05) is 39.2 Å². The third-order valence-electron chi connectivity index (χ3n) is 6.25. The van der Waals surface area contributed by atoms with E-state index in [1.807, 2.05) is 0 Å². The van der Waals surface area contributed by atoms with Gasteiger partial charge in [0.15, 0.2) is 0 Å². The Hall–Kier alpha value is -2.78. The van der Waals surface area contributed by atoms with Gasteiger partial charge in [0.25, 0.3) is 5.91 Å². The summed E-state index contributed by atoms with van der Waals surface area (Å²) in [6, 6.07) is 8.38. The molecule has 0 aromatic heterocycles. The van der Waals surface area contributed by atoms with Crippen LogP contribution in [0.4, 0.5) is 15.8 Å². The Morgan fingerprint density at radius 3 is 2.32 bits per heavy atom. The summed E-state index contributed by atoms with van der Waals surface area (Å²) in [5, 5.41) is 5.34. The van der Waals surface area contributed by atoms with Crippen molar-refractivity contribution in [3.05, 3.63) is 53.3 Å². The van der Waals surface area contributed by atoms with E-state index in [9.17, 15) is 22.4 Å². The number of carbonyl (C=O) groups is 2. The zero-order valence-electron chi connectivity index (χ0n) is 19.9. The first-order valence-corrected chi connectivity index (χ1v) is 13.1. The van der Waals surface area contributed by atoms with Gasteiger partial charge in [0, 0.05) is 30.3 Å². The molecule has 2 amide bonds. The SMILES string of the molecule is CCN(CC)S(=O)(=O)c1ccc(C)c(C(=O)Nc2ccc(F)c(NC(=O)C3CCCCC3)c2)c1. The van der Waals surface area contributed by atoms with E-state index in [4.69, 9.17) is 0 Å². The highest BCUT2D eigenvalue weighted by Crippen LogP contribution is 2.27. The predicted molar refractivity (Wildman–Crippen MR) is 131 cm³/mol. The minimum absolute atomic E-state index is 0.00274. The summed E-state index contributed by atoms with van der Waals surface area (Å²) in [6.07, 6.45) is 4.65. The fourth-order valence-corrected chi connectivity index (χ4v) is 5.70. The normalized spacial score (nSPS) is 14.7. The van der Waals surface area contributed by atoms with Crippen molar-refractivity contribution in [2.24, 2.45) is 5.92 Å². The van der Waals surface area contributed by atoms with Gasteiger partial charge in [-0.15, -0.1) is 0 Å². The van der Waals surface area contributed by atoms with Gasteiger partial charge in [-0.05, 0) is 55.7 Å². The van der Waals surface area contributed by atoms with E-state index in [1.165, 1.54) is 34.6 Å². The van der Waals surface area contributed by atoms with Gasteiger partial charge in [-0.3, -0.25) is 9.59 Å². The van der Waals surface area contributed by atoms with Crippen LogP contribution < -0.4 is 10.6 Å². The van der Waals surface area contributed by atoms with E-state index >= 15 is 0 Å². The van der Waals surface area contributed by atoms with Crippen molar-refractivity contribution < 1.29 is 22.4 Å². The lowest BCUT2D eigenvalue weighted by molar-refractivity contribution is -0.120. The second-order valence-electron chi connectivity index (χ2n) is 8.54. The van der Waals surface area contributed by atoms with Crippen molar-refractivity contribution in [3.8, 4) is 0 Å². The second kappa shape index (κ2) is 11.1. The van der Waals surface area contributed by atoms with E-state index in [-0.39, 0.29) is 28.0 Å². The Kier molecular flexibility index (Phi) is 8.43. The number of hydrogen-bond acceptors (Lipinski definition) is 4. The molecule has 3 rings (SSSR count). The molecule has 0 unspecified atom stereocenters. The van der Waals surface area contributed by atoms with Crippen molar-refractivity contribution in [2.45, 2.75) is 57.8 Å². The highest BCUT2D eigenvalue weighted by Gasteiger charge is 2.24. The van der Waals surface area contributed by atoms with Crippen molar-refractivity contribution in [1.29, 1.82) is 0 Å². The lowest BCUT2D eigenvalue weighted by Gasteiger charge is -2.21. The van der Waals surface area contributed by atoms with E-state index in [1.54, 1.807) is 26.8 Å². The molecule has 0 radical (unpaired) electrons. The molecule has 1 aliphatic rings. The van der Waals surface area contributed by atoms with Gasteiger partial charge < -0.3 is 10.6 Å². The first kappa shape index (κ1) is 25.8. The van der Waals surface area contributed by atoms with Gasteiger partial charge in [-0.2, -0.15) is 4.31 Å². The van der Waals surface area contributed by atoms with Crippen molar-refractivity contribution in [2.75, 3.05) is 23.7 Å². The third-order valence-corrected chi connectivity index (χ3v) is 8.30. The molecule has 0 spiro atoms. The molecule has 0 bridgehead atoms. The summed E-state index contributed by atoms with van der Waals surface area (Å²) in [5.41, 5.74) is 1.10. The molecule has 1 saturated carbocycles. The number of nitrogens with zero attached hydrogens (tertiary/aromatic N) is 1. The number of nitrogens with one attached hydrogen (secondary N) is 2. The molecule has 0 aliphatic heterocycles. The fraction of sp³-hybridized carbons (Fsp3) is 0.440. The summed E-state index contributed by atoms with van der Waals surface area (Å²) in [6.45, 7) is 5.85. The van der Waals surface area contributed by atoms with Crippen LogP contribution >= 0.6 is 0 Å². The number of anilines is 2. The van der Waals surface area contributed by atoms with Gasteiger partial charge in [0.2, 0.25) is 15.9 Å². The first-order valence-electron chi connectivity index (χ1n) is 11.7. The average molecular weight is 490 g/mol. The maximum Gasteiger partial charge on any atom is 0.255 e. The van der Waals surface area contributed by atoms with Crippen LogP contribution in [0.15, 0.2) is 41.3 Å². The quantitative estimate of drug-likeness (QED) is 0.549. The summed E-state index contributed by atoms with van der Waals surface area (Å²) < 4.78 is 41.4. The number of benzene rings is 2. The Morgan fingerprint density at radius 2 is 1.68 bits per heavy atom. The molecule has 2 aromatic rings. The van der Waals surface area contributed by atoms with Crippen LogP contribution in [0.1, 0.15) is 61.9 Å². The molecule has 2 N–H and O–H groups in total. The van der Waals surface area contributed by atoms with Crippen LogP contribution in [-0.4, -0.2) is 37.6 Å². The highest BCUT2D eigenvalue weighted by molar-refractivity contribution is 7.89. The maximum atomic E-state index is 14.3. The topological polar surface area (TPSA) is 95.6 Å². The third kappa shape index (κ3) is 5.82. The lowest BCUT2D eigenvalue weighted by atomic mass is 9.88. The molecule has 1 aliphatic carbocycles. The molecule has 2 aromatic carbocycles. The van der Waals surface area contributed by atoms with Gasteiger partial charge in [0.1, 0.15) is 5.82 Å². The average Bonchev–Trinajstić information content (AvgIpc) is 2.82. The predicted octanol–water partition coefficient (Wildman–Crippen LogP) is 4.94. The fourth-order valence-electron chi connectivity index (χ4n) is 4.22. The first-order chi connectivity index (χ1) is 16.2. The van der Waals surface area contributed by atoms with E-state index < -0.39 is 21.7 Å². The molecule has 0 saturated heterocycles. The molecule has 9 heteroatoms. The molecule has 0 atom stereocenters. The number of carbonyl (C=O) groups excluding carboxylic acids is 2. The van der Waals surface area contributed by atoms with Crippen LogP contribution in [0.2, 0.25) is 0 Å². The van der Waals surface area contributed by atoms with Gasteiger partial charge >= 0.3 is 0 Å². The van der Waals surface area contributed by atoms with Crippen LogP contribution in [0, 0.1) is 18.7 Å². The summed E-state index contributed by atoms with van der Waals surface area (Å²) in [4.78, 5) is 25.6. The van der Waals surface area contributed by atoms with E-state index in [0.717, 1.165) is 32.1 Å². The second-order valence-corrected chi connectivity index (χ2v) is 10.5. The largest absolute Gasteiger partial charge is 0.323 e. The number of hydrogen-bond donors (Lipinski definition) is 2. The van der Waals surface area contributed by atoms with Crippen molar-refractivity contribution in [1.82, 2.24) is 4.31 Å². The minimum Gasteiger partial charge on any atom is -0.323 e. The molecular weight excluding hydrogens is 457 g/mol. The van der Waals surface area contributed by atoms with Crippen molar-refractivity contribution >= 4 is 33.2 Å². The standard InChI is InChI=1S/C25H32FN3O4S/c1-4-29(5-2)34(32,33)20-13-11-17(3)21(16-20)25(31)27-19-12-14-22(26)23(15-19)28-24(30)18-9-7-6-8-10-18/h11-16,18H,4-10H2,1-3H3,(H,27,31)(H,28,30). The molecule has 7 nitrogen and oxygen atoms in total. The van der Waals surface area contributed by atoms with Gasteiger partial charge in [0.05, 0.1) is 10.6 Å². The Labute approximate surface area is 200 Å². The van der Waals surface area contributed by atoms with Crippen LogP contribution in [0.5, 0.6) is 0 Å². The summed E-state index contributed by atoms with van der Waals surface area (Å²) in [5.74, 6) is -1.47. The zero-order chi connectivity index (χ0) is 24.9. The lowest BCUT2D eigenvalue weighted by Crippen LogP contribution is -2.30. The number of sulfonamides is 1. The molecular formula is C25H32FN3O4S.